The molecule has 2 aliphatic heterocycles. The van der Waals surface area contributed by atoms with Crippen LogP contribution in [0, 0.1) is 5.92 Å². The van der Waals surface area contributed by atoms with E-state index in [0.717, 1.165) is 45.7 Å². The number of hydrogen-bond acceptors (Lipinski definition) is 3. The molecular weight excluding hydrogens is 204 g/mol. The largest absolute Gasteiger partial charge is 0.381 e. The number of nitrogens with zero attached hydrogens (tertiary/aromatic N) is 1. The van der Waals surface area contributed by atoms with Gasteiger partial charge in [-0.15, -0.1) is 0 Å². The molecule has 0 aromatic rings. The van der Waals surface area contributed by atoms with Gasteiger partial charge in [0.2, 0.25) is 5.91 Å². The first-order valence-corrected chi connectivity index (χ1v) is 6.34. The first-order valence-electron chi connectivity index (χ1n) is 6.34. The third-order valence-corrected chi connectivity index (χ3v) is 3.44. The Morgan fingerprint density at radius 3 is 3.12 bits per heavy atom. The molecule has 0 aromatic heterocycles. The first-order chi connectivity index (χ1) is 7.75. The molecule has 2 aliphatic rings. The average Bonchev–Trinajstić information content (AvgIpc) is 2.88. The Kier molecular flexibility index (Phi) is 4.18. The normalized spacial score (nSPS) is 27.7. The molecule has 2 saturated heterocycles. The summed E-state index contributed by atoms with van der Waals surface area (Å²) in [4.78, 5) is 13.4. The average molecular weight is 226 g/mol. The molecule has 1 N–H and O–H groups in total. The van der Waals surface area contributed by atoms with Gasteiger partial charge in [-0.1, -0.05) is 0 Å². The highest BCUT2D eigenvalue weighted by molar-refractivity contribution is 5.78. The molecule has 1 amide bonds. The Balaban J connectivity index is 1.63. The molecule has 0 spiro atoms. The second-order valence-corrected chi connectivity index (χ2v) is 4.98. The van der Waals surface area contributed by atoms with E-state index in [-0.39, 0.29) is 0 Å². The Hall–Kier alpha value is -0.610. The SMILES string of the molecule is CC(CN1CCCC1=O)NCC1CCOC1. The molecule has 16 heavy (non-hydrogen) atoms. The van der Waals surface area contributed by atoms with Gasteiger partial charge in [0.25, 0.3) is 0 Å². The van der Waals surface area contributed by atoms with Gasteiger partial charge in [-0.05, 0) is 25.7 Å². The van der Waals surface area contributed by atoms with Crippen LogP contribution in [-0.2, 0) is 9.53 Å². The van der Waals surface area contributed by atoms with Gasteiger partial charge in [0, 0.05) is 38.7 Å². The molecule has 0 saturated carbocycles. The number of hydrogen-bond donors (Lipinski definition) is 1. The fourth-order valence-corrected chi connectivity index (χ4v) is 2.40. The van der Waals surface area contributed by atoms with E-state index < -0.39 is 0 Å². The molecule has 4 nitrogen and oxygen atoms in total. The summed E-state index contributed by atoms with van der Waals surface area (Å²) in [5.41, 5.74) is 0. The van der Waals surface area contributed by atoms with Crippen molar-refractivity contribution < 1.29 is 9.53 Å². The van der Waals surface area contributed by atoms with Crippen molar-refractivity contribution in [2.24, 2.45) is 5.92 Å². The lowest BCUT2D eigenvalue weighted by molar-refractivity contribution is -0.127. The van der Waals surface area contributed by atoms with Gasteiger partial charge in [-0.2, -0.15) is 0 Å². The van der Waals surface area contributed by atoms with Crippen LogP contribution in [0.4, 0.5) is 0 Å². The van der Waals surface area contributed by atoms with Crippen molar-refractivity contribution in [1.29, 1.82) is 0 Å². The zero-order valence-electron chi connectivity index (χ0n) is 10.1. The van der Waals surface area contributed by atoms with Gasteiger partial charge in [0.05, 0.1) is 6.61 Å². The molecule has 2 atom stereocenters. The maximum absolute atomic E-state index is 11.4. The summed E-state index contributed by atoms with van der Waals surface area (Å²) >= 11 is 0. The van der Waals surface area contributed by atoms with Crippen LogP contribution < -0.4 is 5.32 Å². The highest BCUT2D eigenvalue weighted by atomic mass is 16.5. The van der Waals surface area contributed by atoms with Gasteiger partial charge in [-0.3, -0.25) is 4.79 Å². The number of rotatable bonds is 5. The Labute approximate surface area is 97.3 Å². The van der Waals surface area contributed by atoms with Gasteiger partial charge in [0.1, 0.15) is 0 Å². The minimum Gasteiger partial charge on any atom is -0.381 e. The van der Waals surface area contributed by atoms with Crippen LogP contribution in [-0.4, -0.2) is 49.7 Å². The van der Waals surface area contributed by atoms with Crippen LogP contribution in [0.2, 0.25) is 0 Å². The monoisotopic (exact) mass is 226 g/mol. The summed E-state index contributed by atoms with van der Waals surface area (Å²) in [5, 5.41) is 3.50. The lowest BCUT2D eigenvalue weighted by Crippen LogP contribution is -2.41. The van der Waals surface area contributed by atoms with Gasteiger partial charge in [0.15, 0.2) is 0 Å². The number of amides is 1. The van der Waals surface area contributed by atoms with Gasteiger partial charge in [-0.25, -0.2) is 0 Å². The molecule has 0 radical (unpaired) electrons. The molecule has 92 valence electrons. The highest BCUT2D eigenvalue weighted by Crippen LogP contribution is 2.12. The molecule has 4 heteroatoms. The van der Waals surface area contributed by atoms with Crippen molar-refractivity contribution in [2.45, 2.75) is 32.2 Å². The zero-order valence-corrected chi connectivity index (χ0v) is 10.1. The van der Waals surface area contributed by atoms with Crippen LogP contribution in [0.25, 0.3) is 0 Å². The summed E-state index contributed by atoms with van der Waals surface area (Å²) in [6.45, 7) is 6.77. The second kappa shape index (κ2) is 5.64. The quantitative estimate of drug-likeness (QED) is 0.747. The maximum atomic E-state index is 11.4. The van der Waals surface area contributed by atoms with Gasteiger partial charge >= 0.3 is 0 Å². The Morgan fingerprint density at radius 2 is 2.50 bits per heavy atom. The van der Waals surface area contributed by atoms with Crippen molar-refractivity contribution in [3.63, 3.8) is 0 Å². The second-order valence-electron chi connectivity index (χ2n) is 4.98. The molecule has 2 fully saturated rings. The van der Waals surface area contributed by atoms with E-state index in [2.05, 4.69) is 12.2 Å². The standard InChI is InChI=1S/C12H22N2O2/c1-10(8-14-5-2-3-12(14)15)13-7-11-4-6-16-9-11/h10-11,13H,2-9H2,1H3. The summed E-state index contributed by atoms with van der Waals surface area (Å²) in [6, 6.07) is 0.391. The van der Waals surface area contributed by atoms with Crippen LogP contribution in [0.5, 0.6) is 0 Å². The van der Waals surface area contributed by atoms with Crippen LogP contribution in [0.1, 0.15) is 26.2 Å². The van der Waals surface area contributed by atoms with Crippen molar-refractivity contribution in [3.8, 4) is 0 Å². The van der Waals surface area contributed by atoms with E-state index in [1.807, 2.05) is 4.90 Å². The Bertz CT molecular complexity index is 239. The Morgan fingerprint density at radius 1 is 1.62 bits per heavy atom. The molecule has 0 aromatic carbocycles. The molecule has 0 aliphatic carbocycles. The minimum absolute atomic E-state index is 0.317. The fraction of sp³-hybridized carbons (Fsp3) is 0.917. The van der Waals surface area contributed by atoms with Crippen molar-refractivity contribution in [2.75, 3.05) is 32.8 Å². The molecule has 0 bridgehead atoms. The van der Waals surface area contributed by atoms with Crippen molar-refractivity contribution in [3.05, 3.63) is 0 Å². The van der Waals surface area contributed by atoms with Crippen LogP contribution in [0.3, 0.4) is 0 Å². The van der Waals surface area contributed by atoms with E-state index in [9.17, 15) is 4.79 Å². The lowest BCUT2D eigenvalue weighted by atomic mass is 10.1. The number of carbonyl (C=O) groups excluding carboxylic acids is 1. The number of carbonyl (C=O) groups is 1. The topological polar surface area (TPSA) is 41.6 Å². The first kappa shape index (κ1) is 11.9. The summed E-state index contributed by atoms with van der Waals surface area (Å²) in [5.74, 6) is 0.981. The third-order valence-electron chi connectivity index (χ3n) is 3.44. The predicted octanol–water partition coefficient (Wildman–Crippen LogP) is 0.623. The predicted molar refractivity (Wildman–Crippen MR) is 62.2 cm³/mol. The third kappa shape index (κ3) is 3.19. The lowest BCUT2D eigenvalue weighted by Gasteiger charge is -2.22. The van der Waals surface area contributed by atoms with E-state index >= 15 is 0 Å². The smallest absolute Gasteiger partial charge is 0.222 e. The van der Waals surface area contributed by atoms with E-state index in [0.29, 0.717) is 17.9 Å². The summed E-state index contributed by atoms with van der Waals surface area (Å²) in [6.07, 6.45) is 2.94. The van der Waals surface area contributed by atoms with Crippen molar-refractivity contribution in [1.82, 2.24) is 10.2 Å². The van der Waals surface area contributed by atoms with E-state index in [1.54, 1.807) is 0 Å². The number of nitrogens with one attached hydrogen (secondary N) is 1. The molecule has 2 unspecified atom stereocenters. The molecular formula is C12H22N2O2. The minimum atomic E-state index is 0.317. The molecule has 2 heterocycles. The van der Waals surface area contributed by atoms with Crippen LogP contribution >= 0.6 is 0 Å². The fourth-order valence-electron chi connectivity index (χ4n) is 2.40. The number of likely N-dealkylation sites (tertiary alicyclic amines) is 1. The van der Waals surface area contributed by atoms with Crippen molar-refractivity contribution >= 4 is 5.91 Å². The van der Waals surface area contributed by atoms with E-state index in [1.165, 1.54) is 6.42 Å². The zero-order chi connectivity index (χ0) is 11.4. The maximum Gasteiger partial charge on any atom is 0.222 e. The van der Waals surface area contributed by atoms with Crippen LogP contribution in [0.15, 0.2) is 0 Å². The summed E-state index contributed by atoms with van der Waals surface area (Å²) in [7, 11) is 0. The molecule has 2 rings (SSSR count). The summed E-state index contributed by atoms with van der Waals surface area (Å²) < 4.78 is 5.34. The highest BCUT2D eigenvalue weighted by Gasteiger charge is 2.22. The van der Waals surface area contributed by atoms with Gasteiger partial charge < -0.3 is 15.0 Å². The number of ether oxygens (including phenoxy) is 1. The van der Waals surface area contributed by atoms with E-state index in [4.69, 9.17) is 4.74 Å².